The third kappa shape index (κ3) is 3.25. The highest BCUT2D eigenvalue weighted by molar-refractivity contribution is 5.52. The highest BCUT2D eigenvalue weighted by Crippen LogP contribution is 2.45. The zero-order valence-electron chi connectivity index (χ0n) is 15.4. The summed E-state index contributed by atoms with van der Waals surface area (Å²) in [6.07, 6.45) is 2.39. The van der Waals surface area contributed by atoms with Gasteiger partial charge in [-0.1, -0.05) is 0 Å². The van der Waals surface area contributed by atoms with Gasteiger partial charge in [-0.15, -0.1) is 0 Å². The van der Waals surface area contributed by atoms with E-state index in [2.05, 4.69) is 11.4 Å². The van der Waals surface area contributed by atoms with Crippen LogP contribution < -0.4 is 10.1 Å². The van der Waals surface area contributed by atoms with Gasteiger partial charge in [-0.05, 0) is 44.0 Å². The van der Waals surface area contributed by atoms with Gasteiger partial charge in [-0.25, -0.2) is 0 Å². The molecule has 2 aromatic rings. The van der Waals surface area contributed by atoms with Crippen LogP contribution in [0.5, 0.6) is 5.75 Å². The van der Waals surface area contributed by atoms with Gasteiger partial charge in [0.2, 0.25) is 5.79 Å². The van der Waals surface area contributed by atoms with E-state index >= 15 is 0 Å². The number of aryl methyl sites for hydroxylation is 1. The van der Waals surface area contributed by atoms with E-state index < -0.39 is 5.79 Å². The second kappa shape index (κ2) is 6.30. The van der Waals surface area contributed by atoms with Crippen molar-refractivity contribution in [2.45, 2.75) is 58.5 Å². The zero-order chi connectivity index (χ0) is 18.3. The number of hydrogen-bond donors (Lipinski definition) is 1. The first-order valence-corrected chi connectivity index (χ1v) is 9.06. The fourth-order valence-corrected chi connectivity index (χ4v) is 3.36. The summed E-state index contributed by atoms with van der Waals surface area (Å²) in [7, 11) is 0. The van der Waals surface area contributed by atoms with E-state index in [9.17, 15) is 0 Å². The molecule has 1 N–H and O–H groups in total. The predicted octanol–water partition coefficient (Wildman–Crippen LogP) is 4.40. The third-order valence-electron chi connectivity index (χ3n) is 4.92. The minimum absolute atomic E-state index is 0.537. The molecule has 26 heavy (non-hydrogen) atoms. The molecule has 0 atom stereocenters. The van der Waals surface area contributed by atoms with E-state index in [-0.39, 0.29) is 0 Å². The molecular formula is C21H23N3O2. The first-order chi connectivity index (χ1) is 12.5. The molecular weight excluding hydrogens is 326 g/mol. The minimum atomic E-state index is -0.627. The van der Waals surface area contributed by atoms with Crippen LogP contribution in [0.3, 0.4) is 0 Å². The van der Waals surface area contributed by atoms with E-state index in [0.717, 1.165) is 22.7 Å². The predicted molar refractivity (Wildman–Crippen MR) is 98.9 cm³/mol. The zero-order valence-corrected chi connectivity index (χ0v) is 15.4. The SMILES string of the molecule is Cc1nc(C2CC2)c(CNc2ccc(C#N)cc2)c2c1OC(C)(C)OC2. The van der Waals surface area contributed by atoms with Gasteiger partial charge < -0.3 is 14.8 Å². The van der Waals surface area contributed by atoms with Crippen LogP contribution in [0.25, 0.3) is 0 Å². The number of fused-ring (bicyclic) bond motifs is 1. The Morgan fingerprint density at radius 3 is 2.65 bits per heavy atom. The standard InChI is InChI=1S/C21H23N3O2/c1-13-20-18(12-25-21(2,3)26-20)17(19(24-13)15-6-7-15)11-23-16-8-4-14(10-22)5-9-16/h4-5,8-9,15,23H,6-7,11-12H2,1-3H3. The Morgan fingerprint density at radius 1 is 1.27 bits per heavy atom. The largest absolute Gasteiger partial charge is 0.461 e. The van der Waals surface area contributed by atoms with Crippen molar-refractivity contribution in [1.29, 1.82) is 5.26 Å². The molecule has 1 fully saturated rings. The van der Waals surface area contributed by atoms with Crippen LogP contribution in [0, 0.1) is 18.3 Å². The lowest BCUT2D eigenvalue weighted by Crippen LogP contribution is -2.36. The number of rotatable bonds is 4. The van der Waals surface area contributed by atoms with Crippen molar-refractivity contribution >= 4 is 5.69 Å². The first kappa shape index (κ1) is 16.9. The second-order valence-corrected chi connectivity index (χ2v) is 7.48. The lowest BCUT2D eigenvalue weighted by atomic mass is 10.00. The topological polar surface area (TPSA) is 67.2 Å². The van der Waals surface area contributed by atoms with Gasteiger partial charge in [0.25, 0.3) is 0 Å². The number of aromatic nitrogens is 1. The fraction of sp³-hybridized carbons (Fsp3) is 0.429. The van der Waals surface area contributed by atoms with Gasteiger partial charge in [0.15, 0.2) is 0 Å². The van der Waals surface area contributed by atoms with Gasteiger partial charge in [0, 0.05) is 48.8 Å². The van der Waals surface area contributed by atoms with Crippen molar-refractivity contribution in [3.05, 3.63) is 52.3 Å². The molecule has 2 aliphatic rings. The van der Waals surface area contributed by atoms with Crippen LogP contribution in [-0.2, 0) is 17.9 Å². The molecule has 0 unspecified atom stereocenters. The number of anilines is 1. The number of benzene rings is 1. The van der Waals surface area contributed by atoms with E-state index in [1.807, 2.05) is 45.0 Å². The molecule has 4 rings (SSSR count). The molecule has 1 aromatic carbocycles. The van der Waals surface area contributed by atoms with Crippen molar-refractivity contribution in [2.24, 2.45) is 0 Å². The molecule has 5 heteroatoms. The molecule has 0 bridgehead atoms. The first-order valence-electron chi connectivity index (χ1n) is 9.06. The molecule has 2 heterocycles. The van der Waals surface area contributed by atoms with Crippen molar-refractivity contribution < 1.29 is 9.47 Å². The van der Waals surface area contributed by atoms with Crippen molar-refractivity contribution in [3.63, 3.8) is 0 Å². The number of nitrogens with one attached hydrogen (secondary N) is 1. The quantitative estimate of drug-likeness (QED) is 0.886. The summed E-state index contributed by atoms with van der Waals surface area (Å²) in [6.45, 7) is 7.08. The Hall–Kier alpha value is -2.58. The lowest BCUT2D eigenvalue weighted by Gasteiger charge is -2.35. The summed E-state index contributed by atoms with van der Waals surface area (Å²) in [5, 5.41) is 12.4. The maximum atomic E-state index is 8.94. The van der Waals surface area contributed by atoms with Crippen molar-refractivity contribution in [1.82, 2.24) is 4.98 Å². The van der Waals surface area contributed by atoms with Gasteiger partial charge in [-0.3, -0.25) is 4.98 Å². The van der Waals surface area contributed by atoms with Crippen molar-refractivity contribution in [3.8, 4) is 11.8 Å². The highest BCUT2D eigenvalue weighted by atomic mass is 16.7. The molecule has 5 nitrogen and oxygen atoms in total. The maximum Gasteiger partial charge on any atom is 0.205 e. The fourth-order valence-electron chi connectivity index (χ4n) is 3.36. The normalized spacial score (nSPS) is 17.8. The van der Waals surface area contributed by atoms with Crippen LogP contribution in [0.2, 0.25) is 0 Å². The maximum absolute atomic E-state index is 8.94. The molecule has 1 aliphatic carbocycles. The molecule has 0 amide bonds. The summed E-state index contributed by atoms with van der Waals surface area (Å²) in [5.41, 5.74) is 6.06. The summed E-state index contributed by atoms with van der Waals surface area (Å²) >= 11 is 0. The minimum Gasteiger partial charge on any atom is -0.461 e. The summed E-state index contributed by atoms with van der Waals surface area (Å²) in [5.74, 6) is 0.784. The summed E-state index contributed by atoms with van der Waals surface area (Å²) in [6, 6.07) is 9.65. The Labute approximate surface area is 154 Å². The number of nitriles is 1. The van der Waals surface area contributed by atoms with Crippen LogP contribution in [-0.4, -0.2) is 10.8 Å². The van der Waals surface area contributed by atoms with Gasteiger partial charge in [0.1, 0.15) is 5.75 Å². The average molecular weight is 349 g/mol. The summed E-state index contributed by atoms with van der Waals surface area (Å²) < 4.78 is 12.0. The van der Waals surface area contributed by atoms with Gasteiger partial charge in [0.05, 0.1) is 23.9 Å². The Balaban J connectivity index is 1.66. The van der Waals surface area contributed by atoms with Gasteiger partial charge in [-0.2, -0.15) is 5.26 Å². The molecule has 0 spiro atoms. The van der Waals surface area contributed by atoms with Crippen LogP contribution >= 0.6 is 0 Å². The average Bonchev–Trinajstić information content (AvgIpc) is 3.46. The molecule has 1 aliphatic heterocycles. The second-order valence-electron chi connectivity index (χ2n) is 7.48. The number of nitrogens with zero attached hydrogens (tertiary/aromatic N) is 2. The van der Waals surface area contributed by atoms with Crippen LogP contribution in [0.4, 0.5) is 5.69 Å². The van der Waals surface area contributed by atoms with E-state index in [0.29, 0.717) is 24.6 Å². The number of ether oxygens (including phenoxy) is 2. The third-order valence-corrected chi connectivity index (χ3v) is 4.92. The molecule has 0 saturated heterocycles. The number of hydrogen-bond acceptors (Lipinski definition) is 5. The number of pyridine rings is 1. The van der Waals surface area contributed by atoms with E-state index in [1.54, 1.807) is 0 Å². The van der Waals surface area contributed by atoms with E-state index in [1.165, 1.54) is 24.1 Å². The molecule has 0 radical (unpaired) electrons. The Kier molecular flexibility index (Phi) is 4.08. The molecule has 1 saturated carbocycles. The van der Waals surface area contributed by atoms with Crippen LogP contribution in [0.1, 0.15) is 60.7 Å². The lowest BCUT2D eigenvalue weighted by molar-refractivity contribution is -0.180. The molecule has 1 aromatic heterocycles. The highest BCUT2D eigenvalue weighted by Gasteiger charge is 2.35. The Morgan fingerprint density at radius 2 is 2.00 bits per heavy atom. The monoisotopic (exact) mass is 349 g/mol. The summed E-state index contributed by atoms with van der Waals surface area (Å²) in [4.78, 5) is 4.89. The van der Waals surface area contributed by atoms with E-state index in [4.69, 9.17) is 19.7 Å². The molecule has 134 valence electrons. The van der Waals surface area contributed by atoms with Crippen molar-refractivity contribution in [2.75, 3.05) is 5.32 Å². The van der Waals surface area contributed by atoms with Gasteiger partial charge >= 0.3 is 0 Å². The van der Waals surface area contributed by atoms with Crippen LogP contribution in [0.15, 0.2) is 24.3 Å². The smallest absolute Gasteiger partial charge is 0.205 e. The Bertz CT molecular complexity index is 878.